The molecule has 1 aromatic carbocycles. The van der Waals surface area contributed by atoms with Crippen LogP contribution in [-0.4, -0.2) is 24.3 Å². The van der Waals surface area contributed by atoms with E-state index in [2.05, 4.69) is 35.6 Å². The van der Waals surface area contributed by atoms with Crippen LogP contribution in [-0.2, 0) is 6.42 Å². The maximum Gasteiger partial charge on any atom is 0.0693 e. The van der Waals surface area contributed by atoms with E-state index in [1.165, 1.54) is 18.4 Å². The molecule has 0 aliphatic rings. The second-order valence-corrected chi connectivity index (χ2v) is 4.32. The molecule has 0 aromatic heterocycles. The van der Waals surface area contributed by atoms with Crippen molar-refractivity contribution < 1.29 is 5.11 Å². The quantitative estimate of drug-likeness (QED) is 0.534. The number of aryl methyl sites for hydroxylation is 1. The van der Waals surface area contributed by atoms with E-state index in [-0.39, 0.29) is 6.10 Å². The summed E-state index contributed by atoms with van der Waals surface area (Å²) in [5.74, 6) is 0. The Labute approximate surface area is 104 Å². The van der Waals surface area contributed by atoms with E-state index in [0.29, 0.717) is 0 Å². The van der Waals surface area contributed by atoms with E-state index in [1.807, 2.05) is 6.08 Å². The summed E-state index contributed by atoms with van der Waals surface area (Å²) >= 11 is 0. The van der Waals surface area contributed by atoms with Gasteiger partial charge in [-0.25, -0.2) is 0 Å². The first-order chi connectivity index (χ1) is 8.29. The molecule has 17 heavy (non-hydrogen) atoms. The maximum absolute atomic E-state index is 9.00. The summed E-state index contributed by atoms with van der Waals surface area (Å²) in [4.78, 5) is 0. The van der Waals surface area contributed by atoms with E-state index in [1.54, 1.807) is 13.0 Å². The molecule has 2 nitrogen and oxygen atoms in total. The summed E-state index contributed by atoms with van der Waals surface area (Å²) in [5.41, 5.74) is 1.42. The Morgan fingerprint density at radius 2 is 2.00 bits per heavy atom. The van der Waals surface area contributed by atoms with Gasteiger partial charge in [-0.15, -0.1) is 0 Å². The third-order valence-corrected chi connectivity index (χ3v) is 2.59. The lowest BCUT2D eigenvalue weighted by Gasteiger charge is -2.03. The van der Waals surface area contributed by atoms with Gasteiger partial charge in [-0.3, -0.25) is 0 Å². The molecule has 0 bridgehead atoms. The van der Waals surface area contributed by atoms with E-state index in [4.69, 9.17) is 5.11 Å². The van der Waals surface area contributed by atoms with E-state index in [0.717, 1.165) is 19.5 Å². The van der Waals surface area contributed by atoms with Crippen LogP contribution in [0.25, 0.3) is 0 Å². The Morgan fingerprint density at radius 1 is 1.24 bits per heavy atom. The van der Waals surface area contributed by atoms with Crippen LogP contribution in [0.1, 0.15) is 25.3 Å². The smallest absolute Gasteiger partial charge is 0.0693 e. The molecule has 2 heteroatoms. The molecule has 0 saturated carbocycles. The zero-order chi connectivity index (χ0) is 12.3. The molecule has 0 heterocycles. The maximum atomic E-state index is 9.00. The summed E-state index contributed by atoms with van der Waals surface area (Å²) < 4.78 is 0. The zero-order valence-corrected chi connectivity index (χ0v) is 10.6. The van der Waals surface area contributed by atoms with Crippen molar-refractivity contribution in [2.75, 3.05) is 13.1 Å². The van der Waals surface area contributed by atoms with E-state index in [9.17, 15) is 0 Å². The number of unbranched alkanes of at least 4 members (excludes halogenated alkanes) is 1. The average molecular weight is 233 g/mol. The zero-order valence-electron chi connectivity index (χ0n) is 10.6. The van der Waals surface area contributed by atoms with Crippen LogP contribution in [0.4, 0.5) is 0 Å². The molecule has 0 aliphatic heterocycles. The van der Waals surface area contributed by atoms with E-state index >= 15 is 0 Å². The van der Waals surface area contributed by atoms with Crippen LogP contribution in [0, 0.1) is 0 Å². The number of benzene rings is 1. The molecular formula is C15H23NO. The van der Waals surface area contributed by atoms with E-state index < -0.39 is 0 Å². The number of aliphatic hydroxyl groups is 1. The van der Waals surface area contributed by atoms with Crippen LogP contribution in [0.5, 0.6) is 0 Å². The average Bonchev–Trinajstić information content (AvgIpc) is 2.33. The van der Waals surface area contributed by atoms with Gasteiger partial charge in [-0.2, -0.15) is 0 Å². The molecule has 2 N–H and O–H groups in total. The second kappa shape index (κ2) is 8.97. The molecule has 1 unspecified atom stereocenters. The summed E-state index contributed by atoms with van der Waals surface area (Å²) in [6.45, 7) is 3.64. The minimum Gasteiger partial charge on any atom is -0.389 e. The highest BCUT2D eigenvalue weighted by atomic mass is 16.3. The highest BCUT2D eigenvalue weighted by molar-refractivity contribution is 5.14. The monoisotopic (exact) mass is 233 g/mol. The molecule has 0 fully saturated rings. The van der Waals surface area contributed by atoms with Crippen LogP contribution < -0.4 is 5.32 Å². The van der Waals surface area contributed by atoms with Gasteiger partial charge >= 0.3 is 0 Å². The van der Waals surface area contributed by atoms with Crippen molar-refractivity contribution in [3.05, 3.63) is 48.0 Å². The lowest BCUT2D eigenvalue weighted by Crippen LogP contribution is -2.15. The van der Waals surface area contributed by atoms with Crippen LogP contribution in [0.15, 0.2) is 42.5 Å². The Balaban J connectivity index is 1.95. The lowest BCUT2D eigenvalue weighted by molar-refractivity contribution is 0.244. The first-order valence-electron chi connectivity index (χ1n) is 6.38. The minimum absolute atomic E-state index is 0.338. The first-order valence-corrected chi connectivity index (χ1v) is 6.38. The van der Waals surface area contributed by atoms with Gasteiger partial charge in [0, 0.05) is 6.54 Å². The summed E-state index contributed by atoms with van der Waals surface area (Å²) in [5, 5.41) is 12.3. The van der Waals surface area contributed by atoms with Gasteiger partial charge in [0.15, 0.2) is 0 Å². The molecule has 1 rings (SSSR count). The minimum atomic E-state index is -0.338. The van der Waals surface area contributed by atoms with Gasteiger partial charge < -0.3 is 10.4 Å². The number of aliphatic hydroxyl groups excluding tert-OH is 1. The van der Waals surface area contributed by atoms with Gasteiger partial charge in [0.1, 0.15) is 0 Å². The predicted molar refractivity (Wildman–Crippen MR) is 73.1 cm³/mol. The van der Waals surface area contributed by atoms with Crippen molar-refractivity contribution in [1.82, 2.24) is 5.32 Å². The molecule has 0 amide bonds. The Hall–Kier alpha value is -1.12. The molecule has 1 atom stereocenters. The van der Waals surface area contributed by atoms with Gasteiger partial charge in [-0.1, -0.05) is 42.5 Å². The molecule has 0 aliphatic carbocycles. The number of hydrogen-bond donors (Lipinski definition) is 2. The van der Waals surface area contributed by atoms with Crippen molar-refractivity contribution in [3.63, 3.8) is 0 Å². The predicted octanol–water partition coefficient (Wildman–Crippen LogP) is 2.54. The topological polar surface area (TPSA) is 32.3 Å². The van der Waals surface area contributed by atoms with Gasteiger partial charge in [0.2, 0.25) is 0 Å². The fraction of sp³-hybridized carbons (Fsp3) is 0.467. The van der Waals surface area contributed by atoms with Crippen molar-refractivity contribution >= 4 is 0 Å². The summed E-state index contributed by atoms with van der Waals surface area (Å²) in [6, 6.07) is 10.6. The standard InChI is InChI=1S/C15H23NO/c1-14(17)8-7-13-16-12-6-5-11-15-9-3-2-4-10-15/h2-4,7-10,14,16-17H,5-6,11-13H2,1H3/b8-7+. The SMILES string of the molecule is CC(O)/C=C/CNCCCCc1ccccc1. The number of rotatable bonds is 8. The van der Waals surface area contributed by atoms with Gasteiger partial charge in [-0.05, 0) is 38.3 Å². The van der Waals surface area contributed by atoms with Gasteiger partial charge in [0.05, 0.1) is 6.10 Å². The normalized spacial score (nSPS) is 13.1. The molecule has 0 radical (unpaired) electrons. The van der Waals surface area contributed by atoms with Crippen LogP contribution in [0.2, 0.25) is 0 Å². The van der Waals surface area contributed by atoms with Crippen LogP contribution >= 0.6 is 0 Å². The molecular weight excluding hydrogens is 210 g/mol. The first kappa shape index (κ1) is 13.9. The van der Waals surface area contributed by atoms with Gasteiger partial charge in [0.25, 0.3) is 0 Å². The third-order valence-electron chi connectivity index (χ3n) is 2.59. The van der Waals surface area contributed by atoms with Crippen molar-refractivity contribution in [2.24, 2.45) is 0 Å². The highest BCUT2D eigenvalue weighted by Gasteiger charge is 1.92. The summed E-state index contributed by atoms with van der Waals surface area (Å²) in [6.07, 6.45) is 7.01. The molecule has 0 saturated heterocycles. The van der Waals surface area contributed by atoms with Crippen molar-refractivity contribution in [1.29, 1.82) is 0 Å². The molecule has 0 spiro atoms. The largest absolute Gasteiger partial charge is 0.389 e. The third kappa shape index (κ3) is 7.72. The van der Waals surface area contributed by atoms with Crippen molar-refractivity contribution in [3.8, 4) is 0 Å². The fourth-order valence-electron chi connectivity index (χ4n) is 1.67. The Kier molecular flexibility index (Phi) is 7.35. The second-order valence-electron chi connectivity index (χ2n) is 4.32. The molecule has 1 aromatic rings. The summed E-state index contributed by atoms with van der Waals surface area (Å²) in [7, 11) is 0. The number of hydrogen-bond acceptors (Lipinski definition) is 2. The van der Waals surface area contributed by atoms with Crippen LogP contribution in [0.3, 0.4) is 0 Å². The molecule has 94 valence electrons. The number of nitrogens with one attached hydrogen (secondary N) is 1. The fourth-order valence-corrected chi connectivity index (χ4v) is 1.67. The Morgan fingerprint density at radius 3 is 2.71 bits per heavy atom. The highest BCUT2D eigenvalue weighted by Crippen LogP contribution is 2.03. The lowest BCUT2D eigenvalue weighted by atomic mass is 10.1. The van der Waals surface area contributed by atoms with Crippen molar-refractivity contribution in [2.45, 2.75) is 32.3 Å². The Bertz CT molecular complexity index is 306.